The minimum absolute atomic E-state index is 0.188. The summed E-state index contributed by atoms with van der Waals surface area (Å²) < 4.78 is 151. The summed E-state index contributed by atoms with van der Waals surface area (Å²) in [6, 6.07) is 49.1. The molecule has 0 bridgehead atoms. The molecule has 12 aromatic rings. The molecule has 16 rings (SSSR count). The van der Waals surface area contributed by atoms with E-state index in [2.05, 4.69) is 19.9 Å². The van der Waals surface area contributed by atoms with Gasteiger partial charge in [-0.3, -0.25) is 37.4 Å². The molecule has 4 saturated heterocycles. The molecule has 4 aliphatic rings. The van der Waals surface area contributed by atoms with E-state index in [0.29, 0.717) is 253 Å². The van der Waals surface area contributed by atoms with E-state index in [-0.39, 0.29) is 52.1 Å². The Hall–Kier alpha value is -12.3. The average molecular weight is 1710 g/mol. The molecule has 0 N–H and O–H groups in total. The van der Waals surface area contributed by atoms with Crippen LogP contribution in [0.1, 0.15) is 58.1 Å². The van der Waals surface area contributed by atoms with Gasteiger partial charge in [0.1, 0.15) is 81.3 Å². The first kappa shape index (κ1) is 88.5. The van der Waals surface area contributed by atoms with Crippen LogP contribution in [0.15, 0.2) is 218 Å². The Morgan fingerprint density at radius 2 is 0.642 bits per heavy atom. The average Bonchev–Trinajstić information content (AvgIpc) is 0.805. The first-order valence-corrected chi connectivity index (χ1v) is 41.3. The van der Waals surface area contributed by atoms with E-state index in [1.54, 1.807) is 119 Å². The van der Waals surface area contributed by atoms with E-state index in [0.717, 1.165) is 10.5 Å². The van der Waals surface area contributed by atoms with Crippen LogP contribution in [-0.2, 0) is 50.4 Å². The van der Waals surface area contributed by atoms with Gasteiger partial charge in [0, 0.05) is 160 Å². The topological polar surface area (TPSA) is 208 Å². The predicted octanol–water partition coefficient (Wildman–Crippen LogP) is 14.3. The van der Waals surface area contributed by atoms with Crippen molar-refractivity contribution < 1.29 is 63.5 Å². The van der Waals surface area contributed by atoms with Crippen molar-refractivity contribution in [2.24, 2.45) is 0 Å². The molecule has 4 fully saturated rings. The molecule has 22 nitrogen and oxygen atoms in total. The van der Waals surface area contributed by atoms with Crippen LogP contribution in [0.3, 0.4) is 0 Å². The lowest BCUT2D eigenvalue weighted by atomic mass is 10.1. The van der Waals surface area contributed by atoms with Crippen LogP contribution in [0.4, 0.5) is 57.9 Å². The fraction of sp³-hybridized carbons (Fsp3) is 0.304. The lowest BCUT2D eigenvalue weighted by Gasteiger charge is -2.29. The third-order valence-electron chi connectivity index (χ3n) is 20.3. The molecule has 0 aliphatic carbocycles. The molecule has 8 heterocycles. The van der Waals surface area contributed by atoms with Gasteiger partial charge in [0.05, 0.1) is 117 Å². The Morgan fingerprint density at radius 1 is 0.325 bits per heavy atom. The Kier molecular flexibility index (Phi) is 30.6. The zero-order chi connectivity index (χ0) is 86.5. The summed E-state index contributed by atoms with van der Waals surface area (Å²) in [7, 11) is 0. The maximum Gasteiger partial charge on any atom is 0.258 e. The van der Waals surface area contributed by atoms with E-state index in [1.807, 2.05) is 25.7 Å². The number of anilines is 4. The highest BCUT2D eigenvalue weighted by molar-refractivity contribution is 7.98. The van der Waals surface area contributed by atoms with Crippen LogP contribution in [-0.4, -0.2) is 157 Å². The zero-order valence-electron chi connectivity index (χ0n) is 68.3. The van der Waals surface area contributed by atoms with Crippen LogP contribution in [0, 0.1) is 74.2 Å². The molecule has 0 unspecified atom stereocenters. The van der Waals surface area contributed by atoms with Crippen LogP contribution >= 0.6 is 11.8 Å². The molecule has 0 radical (unpaired) electrons. The largest absolute Gasteiger partial charge is 0.493 e. The van der Waals surface area contributed by atoms with Crippen molar-refractivity contribution in [3.8, 4) is 34.2 Å². The highest BCUT2D eigenvalue weighted by atomic mass is 32.2. The van der Waals surface area contributed by atoms with Crippen molar-refractivity contribution in [1.29, 1.82) is 0 Å². The number of hydrogen-bond acceptors (Lipinski definition) is 19. The molecule has 0 atom stereocenters. The van der Waals surface area contributed by atoms with Crippen LogP contribution in [0.25, 0.3) is 22.7 Å². The summed E-state index contributed by atoms with van der Waals surface area (Å²) in [4.78, 5) is 77.4. The molecular weight excluding hydrogens is 1620 g/mol. The molecule has 642 valence electrons. The van der Waals surface area contributed by atoms with Crippen molar-refractivity contribution in [3.63, 3.8) is 0 Å². The van der Waals surface area contributed by atoms with E-state index in [1.165, 1.54) is 127 Å². The Balaban J connectivity index is 0.000000141. The Morgan fingerprint density at radius 3 is 1.00 bits per heavy atom. The zero-order valence-corrected chi connectivity index (χ0v) is 69.1. The highest BCUT2D eigenvalue weighted by Gasteiger charge is 2.24. The molecule has 0 saturated carbocycles. The quantitative estimate of drug-likeness (QED) is 0.0331. The monoisotopic (exact) mass is 1710 g/mol. The summed E-state index contributed by atoms with van der Waals surface area (Å²) in [5.41, 5.74) is 5.66. The molecule has 0 spiro atoms. The van der Waals surface area contributed by atoms with Gasteiger partial charge in [0.2, 0.25) is 0 Å². The third-order valence-corrected chi connectivity index (χ3v) is 21.3. The summed E-state index contributed by atoms with van der Waals surface area (Å²) in [6.07, 6.45) is 2.23. The summed E-state index contributed by atoms with van der Waals surface area (Å²) in [5.74, 6) is 0.174. The fourth-order valence-electron chi connectivity index (χ4n) is 14.6. The van der Waals surface area contributed by atoms with Crippen molar-refractivity contribution in [2.45, 2.75) is 70.4 Å². The molecule has 123 heavy (non-hydrogen) atoms. The van der Waals surface area contributed by atoms with Gasteiger partial charge in [-0.1, -0.05) is 30.3 Å². The molecule has 4 aromatic heterocycles. The van der Waals surface area contributed by atoms with E-state index in [4.69, 9.17) is 28.4 Å². The van der Waals surface area contributed by atoms with Crippen molar-refractivity contribution in [3.05, 3.63) is 334 Å². The number of nitrogens with zero attached hydrogens (tertiary/aromatic N) is 12. The summed E-state index contributed by atoms with van der Waals surface area (Å²) in [6.45, 7) is 16.9. The van der Waals surface area contributed by atoms with Gasteiger partial charge in [0.15, 0.2) is 0 Å². The van der Waals surface area contributed by atoms with Crippen LogP contribution in [0.2, 0.25) is 0 Å². The SMILES string of the molecule is Cc1cc(=O)n(-c2ccc(N3CCOCC3)c(F)c2)c(CCCOc2cccc(F)c2)n1.Cc1cc(=O)n(-c2ccc(N3CCOCC3)c(F)c2)c(CCOc2cccc(F)c2)n1.Cc1cc(=O)n(-c2ccc(N3CCOCC3)c(F)c2)c(CCc2cccc(F)c2)n1.Cc1cc(=O)n(-c2ccc(N3CCOCC3)c(F)c2)c(CSc2cccc(F)c2)n1. The van der Waals surface area contributed by atoms with E-state index in [9.17, 15) is 54.3 Å². The summed E-state index contributed by atoms with van der Waals surface area (Å²) in [5, 5.41) is 0. The maximum atomic E-state index is 14.9. The number of ether oxygens (including phenoxy) is 6. The van der Waals surface area contributed by atoms with Crippen molar-refractivity contribution in [2.75, 3.05) is 138 Å². The number of aryl methyl sites for hydroxylation is 7. The highest BCUT2D eigenvalue weighted by Crippen LogP contribution is 2.31. The second-order valence-corrected chi connectivity index (χ2v) is 30.3. The van der Waals surface area contributed by atoms with Gasteiger partial charge >= 0.3 is 0 Å². The minimum Gasteiger partial charge on any atom is -0.493 e. The first-order valence-electron chi connectivity index (χ1n) is 40.3. The molecule has 31 heteroatoms. The number of morpholine rings is 4. The number of halogens is 8. The number of hydrogen-bond donors (Lipinski definition) is 0. The Bertz CT molecular complexity index is 5740. The van der Waals surface area contributed by atoms with Gasteiger partial charge in [-0.05, 0) is 149 Å². The Labute approximate surface area is 709 Å². The number of thioether (sulfide) groups is 1. The van der Waals surface area contributed by atoms with Gasteiger partial charge < -0.3 is 48.0 Å². The molecule has 4 aliphatic heterocycles. The van der Waals surface area contributed by atoms with Gasteiger partial charge in [-0.25, -0.2) is 55.1 Å². The number of aromatic nitrogens is 8. The maximum absolute atomic E-state index is 14.9. The minimum atomic E-state index is -0.408. The summed E-state index contributed by atoms with van der Waals surface area (Å²) >= 11 is 1.37. The number of benzene rings is 8. The third kappa shape index (κ3) is 23.9. The molecule has 8 aromatic carbocycles. The van der Waals surface area contributed by atoms with Crippen molar-refractivity contribution >= 4 is 34.5 Å². The van der Waals surface area contributed by atoms with Gasteiger partial charge in [-0.15, -0.1) is 11.8 Å². The van der Waals surface area contributed by atoms with E-state index < -0.39 is 23.3 Å². The lowest BCUT2D eigenvalue weighted by Crippen LogP contribution is -2.36. The van der Waals surface area contributed by atoms with Crippen LogP contribution < -0.4 is 51.3 Å². The fourth-order valence-corrected chi connectivity index (χ4v) is 15.4. The second kappa shape index (κ2) is 42.5. The number of rotatable bonds is 23. The first-order chi connectivity index (χ1) is 59.5. The van der Waals surface area contributed by atoms with Gasteiger partial charge in [-0.2, -0.15) is 0 Å². The lowest BCUT2D eigenvalue weighted by molar-refractivity contribution is 0.122. The molecule has 0 amide bonds. The normalized spacial score (nSPS) is 14.0. The van der Waals surface area contributed by atoms with E-state index >= 15 is 0 Å². The standard InChI is InChI=1S/C24H25F2N3O3.C23H23F2N3O3.C23H23F2N3O2.C22H21F2N3O2S/c1-17-14-24(30)29(19-7-8-22(21(26)16-19)28-9-12-31-13-10-28)23(27-17)6-3-11-32-20-5-2-4-18(25)15-20;1-16-13-23(29)28(22(26-16)7-10-31-19-4-2-3-17(24)14-19)18-5-6-21(20(25)15-18)27-8-11-30-12-9-27;1-16-13-23(29)28(22(26-16)8-5-17-3-2-4-18(24)14-17)19-6-7-21(20(25)15-19)27-9-11-30-12-10-27;1-15-11-22(28)27(21(25-15)14-30-18-4-2-3-16(23)12-18)17-5-6-20(19(24)13-17)26-7-9-29-10-8-26/h2,4-5,7-8,14-16H,3,6,9-13H2,1H3;2-6,13-15H,7-12H2,1H3;2-4,6-7,13-15H,5,8-12H2,1H3;2-6,11-13H,7-10,14H2,1H3. The smallest absolute Gasteiger partial charge is 0.258 e. The van der Waals surface area contributed by atoms with Crippen LogP contribution in [0.5, 0.6) is 11.5 Å². The van der Waals surface area contributed by atoms with Gasteiger partial charge in [0.25, 0.3) is 22.2 Å². The predicted molar refractivity (Wildman–Crippen MR) is 456 cm³/mol. The second-order valence-electron chi connectivity index (χ2n) is 29.2. The van der Waals surface area contributed by atoms with Crippen molar-refractivity contribution in [1.82, 2.24) is 38.2 Å². The molecular formula is C92H92F8N12O10S.